The summed E-state index contributed by atoms with van der Waals surface area (Å²) in [5.74, 6) is 1.16. The second-order valence-corrected chi connectivity index (χ2v) is 11.7. The van der Waals surface area contributed by atoms with Gasteiger partial charge in [0.25, 0.3) is 0 Å². The number of fused-ring (bicyclic) bond motifs is 2. The predicted octanol–water partition coefficient (Wildman–Crippen LogP) is 3.02. The minimum atomic E-state index is -3.40. The van der Waals surface area contributed by atoms with Crippen LogP contribution in [-0.2, 0) is 10.0 Å². The Bertz CT molecular complexity index is 1770. The van der Waals surface area contributed by atoms with Crippen LogP contribution in [0.25, 0.3) is 33.5 Å². The molecule has 39 heavy (non-hydrogen) atoms. The Hall–Kier alpha value is -4.23. The largest absolute Gasteiger partial charge is 0.494 e. The van der Waals surface area contributed by atoms with Gasteiger partial charge in [0.05, 0.1) is 46.4 Å². The minimum Gasteiger partial charge on any atom is -0.494 e. The maximum atomic E-state index is 12.5. The Morgan fingerprint density at radius 1 is 1.15 bits per heavy atom. The van der Waals surface area contributed by atoms with E-state index in [1.165, 1.54) is 0 Å². The van der Waals surface area contributed by atoms with E-state index in [4.69, 9.17) is 14.8 Å². The molecule has 0 unspecified atom stereocenters. The Balaban J connectivity index is 1.45. The summed E-state index contributed by atoms with van der Waals surface area (Å²) in [6, 6.07) is 8.98. The van der Waals surface area contributed by atoms with Gasteiger partial charge in [-0.3, -0.25) is 9.71 Å². The van der Waals surface area contributed by atoms with E-state index in [0.717, 1.165) is 23.0 Å². The van der Waals surface area contributed by atoms with Gasteiger partial charge in [0.2, 0.25) is 10.0 Å². The van der Waals surface area contributed by atoms with Gasteiger partial charge < -0.3 is 15.0 Å². The molecule has 0 amide bonds. The van der Waals surface area contributed by atoms with E-state index in [1.807, 2.05) is 32.4 Å². The molecule has 0 saturated heterocycles. The van der Waals surface area contributed by atoms with Gasteiger partial charge in [-0.25, -0.2) is 22.6 Å². The van der Waals surface area contributed by atoms with Gasteiger partial charge in [-0.2, -0.15) is 5.10 Å². The molecule has 1 aromatic carbocycles. The third-order valence-corrected chi connectivity index (χ3v) is 8.47. The second-order valence-electron chi connectivity index (χ2n) is 9.76. The summed E-state index contributed by atoms with van der Waals surface area (Å²) < 4.78 is 36.8. The SMILES string of the molecule is COc1cc(NS(=O)(=O)C2CC2)ccc1-n1nc(NCCN(C)C)c2cnc(-c3cnn4cccnc34)cc21. The topological polar surface area (TPSA) is 132 Å². The van der Waals surface area contributed by atoms with E-state index in [-0.39, 0.29) is 5.25 Å². The molecule has 0 spiro atoms. The van der Waals surface area contributed by atoms with Crippen molar-refractivity contribution >= 4 is 38.1 Å². The van der Waals surface area contributed by atoms with Crippen LogP contribution in [0.4, 0.5) is 11.5 Å². The van der Waals surface area contributed by atoms with Crippen molar-refractivity contribution in [2.45, 2.75) is 18.1 Å². The van der Waals surface area contributed by atoms with Crippen LogP contribution < -0.4 is 14.8 Å². The van der Waals surface area contributed by atoms with Gasteiger partial charge in [-0.05, 0) is 51.2 Å². The van der Waals surface area contributed by atoms with E-state index in [0.29, 0.717) is 53.7 Å². The quantitative estimate of drug-likeness (QED) is 0.271. The first-order valence-corrected chi connectivity index (χ1v) is 14.1. The number of rotatable bonds is 10. The number of benzene rings is 1. The Morgan fingerprint density at radius 2 is 2.00 bits per heavy atom. The molecule has 2 N–H and O–H groups in total. The molecule has 1 aliphatic rings. The lowest BCUT2D eigenvalue weighted by atomic mass is 10.2. The second kappa shape index (κ2) is 9.82. The average molecular weight is 548 g/mol. The van der Waals surface area contributed by atoms with E-state index in [1.54, 1.807) is 53.1 Å². The van der Waals surface area contributed by atoms with Crippen LogP contribution in [0.3, 0.4) is 0 Å². The fourth-order valence-corrected chi connectivity index (χ4v) is 5.80. The number of pyridine rings is 1. The first-order chi connectivity index (χ1) is 18.8. The highest BCUT2D eigenvalue weighted by molar-refractivity contribution is 7.93. The molecule has 6 rings (SSSR count). The summed E-state index contributed by atoms with van der Waals surface area (Å²) in [7, 11) is 2.18. The number of nitrogens with one attached hydrogen (secondary N) is 2. The molecule has 0 radical (unpaired) electrons. The van der Waals surface area contributed by atoms with Crippen LogP contribution in [-0.4, -0.2) is 82.2 Å². The smallest absolute Gasteiger partial charge is 0.235 e. The monoisotopic (exact) mass is 547 g/mol. The molecule has 1 fully saturated rings. The maximum absolute atomic E-state index is 12.5. The van der Waals surface area contributed by atoms with Crippen molar-refractivity contribution in [3.8, 4) is 22.7 Å². The average Bonchev–Trinajstić information content (AvgIpc) is 3.62. The first-order valence-electron chi connectivity index (χ1n) is 12.6. The van der Waals surface area contributed by atoms with Gasteiger partial charge in [0.1, 0.15) is 11.4 Å². The van der Waals surface area contributed by atoms with Crippen molar-refractivity contribution in [1.82, 2.24) is 34.3 Å². The summed E-state index contributed by atoms with van der Waals surface area (Å²) >= 11 is 0. The molecule has 0 atom stereocenters. The molecule has 4 heterocycles. The maximum Gasteiger partial charge on any atom is 0.235 e. The van der Waals surface area contributed by atoms with Crippen molar-refractivity contribution in [3.63, 3.8) is 0 Å². The zero-order chi connectivity index (χ0) is 27.1. The number of ether oxygens (including phenoxy) is 1. The van der Waals surface area contributed by atoms with Gasteiger partial charge in [-0.1, -0.05) is 0 Å². The van der Waals surface area contributed by atoms with E-state index < -0.39 is 10.0 Å². The standard InChI is InChI=1S/C26H29N9O3S/c1-33(2)12-10-27-25-20-15-29-21(19-16-30-34-11-4-9-28-26(19)34)14-23(20)35(31-25)22-8-5-17(13-24(22)38-3)32-39(36,37)18-6-7-18/h4-5,8-9,11,13-16,18,32H,6-7,10,12H2,1-3H3,(H,27,31). The Labute approximate surface area is 225 Å². The van der Waals surface area contributed by atoms with Gasteiger partial charge >= 0.3 is 0 Å². The number of hydrogen-bond acceptors (Lipinski definition) is 9. The number of nitrogens with zero attached hydrogens (tertiary/aromatic N) is 7. The van der Waals surface area contributed by atoms with Crippen LogP contribution in [0, 0.1) is 0 Å². The summed E-state index contributed by atoms with van der Waals surface area (Å²) in [4.78, 5) is 11.3. The number of anilines is 2. The normalized spacial score (nSPS) is 13.8. The third-order valence-electron chi connectivity index (χ3n) is 6.60. The number of hydrogen-bond donors (Lipinski definition) is 2. The van der Waals surface area contributed by atoms with Crippen LogP contribution >= 0.6 is 0 Å². The lowest BCUT2D eigenvalue weighted by Crippen LogP contribution is -2.21. The lowest BCUT2D eigenvalue weighted by molar-refractivity contribution is 0.412. The summed E-state index contributed by atoms with van der Waals surface area (Å²) in [6.07, 6.45) is 8.47. The number of methoxy groups -OCH3 is 1. The zero-order valence-electron chi connectivity index (χ0n) is 21.9. The fourth-order valence-electron chi connectivity index (χ4n) is 4.42. The Morgan fingerprint density at radius 3 is 2.77 bits per heavy atom. The number of sulfonamides is 1. The molecule has 5 aromatic rings. The molecular weight excluding hydrogens is 518 g/mol. The predicted molar refractivity (Wildman–Crippen MR) is 150 cm³/mol. The molecule has 0 aliphatic heterocycles. The highest BCUT2D eigenvalue weighted by Crippen LogP contribution is 2.35. The molecule has 13 heteroatoms. The molecular formula is C26H29N9O3S. The molecule has 202 valence electrons. The van der Waals surface area contributed by atoms with Crippen molar-refractivity contribution < 1.29 is 13.2 Å². The van der Waals surface area contributed by atoms with Crippen LogP contribution in [0.1, 0.15) is 12.8 Å². The van der Waals surface area contributed by atoms with E-state index in [9.17, 15) is 8.42 Å². The summed E-state index contributed by atoms with van der Waals surface area (Å²) in [5.41, 5.74) is 4.10. The van der Waals surface area contributed by atoms with Gasteiger partial charge in [0.15, 0.2) is 11.5 Å². The van der Waals surface area contributed by atoms with Crippen LogP contribution in [0.5, 0.6) is 5.75 Å². The molecule has 12 nitrogen and oxygen atoms in total. The Kier molecular flexibility index (Phi) is 6.31. The zero-order valence-corrected chi connectivity index (χ0v) is 22.7. The summed E-state index contributed by atoms with van der Waals surface area (Å²) in [6.45, 7) is 1.52. The fraction of sp³-hybridized carbons (Fsp3) is 0.308. The van der Waals surface area contributed by atoms with Crippen molar-refractivity contribution in [2.75, 3.05) is 44.3 Å². The molecule has 4 aromatic heterocycles. The van der Waals surface area contributed by atoms with Crippen molar-refractivity contribution in [3.05, 3.63) is 55.1 Å². The van der Waals surface area contributed by atoms with Crippen molar-refractivity contribution in [1.29, 1.82) is 0 Å². The third kappa shape index (κ3) is 4.86. The van der Waals surface area contributed by atoms with E-state index in [2.05, 4.69) is 25.0 Å². The molecule has 0 bridgehead atoms. The van der Waals surface area contributed by atoms with Crippen molar-refractivity contribution in [2.24, 2.45) is 0 Å². The molecule has 1 saturated carbocycles. The highest BCUT2D eigenvalue weighted by atomic mass is 32.2. The lowest BCUT2D eigenvalue weighted by Gasteiger charge is -2.13. The van der Waals surface area contributed by atoms with Crippen LogP contribution in [0.2, 0.25) is 0 Å². The number of aromatic nitrogens is 6. The molecule has 1 aliphatic carbocycles. The first kappa shape index (κ1) is 25.1. The van der Waals surface area contributed by atoms with Gasteiger partial charge in [-0.15, -0.1) is 5.10 Å². The van der Waals surface area contributed by atoms with E-state index >= 15 is 0 Å². The van der Waals surface area contributed by atoms with Crippen LogP contribution in [0.15, 0.2) is 55.1 Å². The minimum absolute atomic E-state index is 0.325. The number of likely N-dealkylation sites (N-methyl/N-ethyl adjacent to an activating group) is 1. The summed E-state index contributed by atoms with van der Waals surface area (Å²) in [5, 5.41) is 13.2. The highest BCUT2D eigenvalue weighted by Gasteiger charge is 2.35. The van der Waals surface area contributed by atoms with Gasteiger partial charge in [0, 0.05) is 37.7 Å².